The molecule has 0 unspecified atom stereocenters. The molecule has 0 atom stereocenters. The van der Waals surface area contributed by atoms with Gasteiger partial charge in [-0.25, -0.2) is 9.97 Å². The molecule has 1 N–H and O–H groups in total. The standard InChI is InChI=1S/C13H23N3O2S/c1-17-12-11(13(18-2)16-10-15-12)9-14-7-5-4-6-8-19-3/h10,14H,4-9H2,1-3H3. The summed E-state index contributed by atoms with van der Waals surface area (Å²) in [6.07, 6.45) is 7.31. The van der Waals surface area contributed by atoms with Gasteiger partial charge in [0.05, 0.1) is 19.8 Å². The first-order chi connectivity index (χ1) is 9.33. The van der Waals surface area contributed by atoms with Crippen molar-refractivity contribution in [1.29, 1.82) is 0 Å². The van der Waals surface area contributed by atoms with E-state index in [1.807, 2.05) is 11.8 Å². The Balaban J connectivity index is 2.35. The number of methoxy groups -OCH3 is 2. The number of unbranched alkanes of at least 4 members (excludes halogenated alkanes) is 2. The molecular weight excluding hydrogens is 262 g/mol. The van der Waals surface area contributed by atoms with E-state index in [0.717, 1.165) is 12.1 Å². The number of aromatic nitrogens is 2. The molecule has 0 amide bonds. The molecule has 1 aromatic heterocycles. The molecular formula is C13H23N3O2S. The molecule has 0 saturated carbocycles. The third-order valence-electron chi connectivity index (χ3n) is 2.76. The molecule has 1 heterocycles. The van der Waals surface area contributed by atoms with Crippen LogP contribution >= 0.6 is 11.8 Å². The third-order valence-corrected chi connectivity index (χ3v) is 3.45. The van der Waals surface area contributed by atoms with E-state index in [4.69, 9.17) is 9.47 Å². The van der Waals surface area contributed by atoms with E-state index in [0.29, 0.717) is 18.3 Å². The second-order valence-electron chi connectivity index (χ2n) is 4.10. The van der Waals surface area contributed by atoms with Crippen LogP contribution in [0.5, 0.6) is 11.8 Å². The summed E-state index contributed by atoms with van der Waals surface area (Å²) in [5, 5.41) is 3.38. The lowest BCUT2D eigenvalue weighted by Gasteiger charge is -2.11. The third kappa shape index (κ3) is 5.65. The Morgan fingerprint density at radius 2 is 1.79 bits per heavy atom. The number of rotatable bonds is 10. The van der Waals surface area contributed by atoms with Crippen molar-refractivity contribution < 1.29 is 9.47 Å². The molecule has 0 aliphatic carbocycles. The van der Waals surface area contributed by atoms with Crippen LogP contribution in [-0.2, 0) is 6.54 Å². The van der Waals surface area contributed by atoms with Crippen LogP contribution in [0.25, 0.3) is 0 Å². The van der Waals surface area contributed by atoms with Gasteiger partial charge in [-0.3, -0.25) is 0 Å². The first-order valence-corrected chi connectivity index (χ1v) is 7.84. The van der Waals surface area contributed by atoms with Crippen molar-refractivity contribution in [2.45, 2.75) is 25.8 Å². The highest BCUT2D eigenvalue weighted by Crippen LogP contribution is 2.22. The molecule has 0 aliphatic rings. The van der Waals surface area contributed by atoms with Gasteiger partial charge < -0.3 is 14.8 Å². The number of ether oxygens (including phenoxy) is 2. The molecule has 0 aliphatic heterocycles. The molecule has 0 fully saturated rings. The number of nitrogens with one attached hydrogen (secondary N) is 1. The van der Waals surface area contributed by atoms with Crippen molar-refractivity contribution in [3.8, 4) is 11.8 Å². The van der Waals surface area contributed by atoms with Gasteiger partial charge in [0.15, 0.2) is 0 Å². The monoisotopic (exact) mass is 285 g/mol. The van der Waals surface area contributed by atoms with Crippen molar-refractivity contribution in [2.75, 3.05) is 32.8 Å². The number of hydrogen-bond acceptors (Lipinski definition) is 6. The van der Waals surface area contributed by atoms with E-state index >= 15 is 0 Å². The maximum absolute atomic E-state index is 5.22. The van der Waals surface area contributed by atoms with Crippen molar-refractivity contribution >= 4 is 11.8 Å². The molecule has 0 spiro atoms. The van der Waals surface area contributed by atoms with Gasteiger partial charge in [0.25, 0.3) is 0 Å². The molecule has 0 radical (unpaired) electrons. The summed E-state index contributed by atoms with van der Waals surface area (Å²) < 4.78 is 10.4. The maximum Gasteiger partial charge on any atom is 0.224 e. The molecule has 0 aromatic carbocycles. The van der Waals surface area contributed by atoms with E-state index in [9.17, 15) is 0 Å². The summed E-state index contributed by atoms with van der Waals surface area (Å²) in [6.45, 7) is 1.64. The van der Waals surface area contributed by atoms with Crippen LogP contribution in [0.4, 0.5) is 0 Å². The van der Waals surface area contributed by atoms with Crippen LogP contribution in [0.1, 0.15) is 24.8 Å². The lowest BCUT2D eigenvalue weighted by atomic mass is 10.2. The molecule has 0 bridgehead atoms. The van der Waals surface area contributed by atoms with E-state index in [2.05, 4.69) is 21.5 Å². The number of thioether (sulfide) groups is 1. The molecule has 1 rings (SSSR count). The van der Waals surface area contributed by atoms with Crippen molar-refractivity contribution in [1.82, 2.24) is 15.3 Å². The van der Waals surface area contributed by atoms with E-state index in [1.54, 1.807) is 14.2 Å². The second-order valence-corrected chi connectivity index (χ2v) is 5.09. The largest absolute Gasteiger partial charge is 0.481 e. The van der Waals surface area contributed by atoms with Crippen LogP contribution in [0, 0.1) is 0 Å². The summed E-state index contributed by atoms with van der Waals surface area (Å²) in [7, 11) is 3.21. The highest BCUT2D eigenvalue weighted by atomic mass is 32.2. The Labute approximate surface area is 119 Å². The Hall–Kier alpha value is -1.01. The topological polar surface area (TPSA) is 56.3 Å². The number of nitrogens with zero attached hydrogens (tertiary/aromatic N) is 2. The fraction of sp³-hybridized carbons (Fsp3) is 0.692. The van der Waals surface area contributed by atoms with Gasteiger partial charge in [0, 0.05) is 6.54 Å². The van der Waals surface area contributed by atoms with Crippen LogP contribution in [0.15, 0.2) is 6.33 Å². The van der Waals surface area contributed by atoms with Gasteiger partial charge in [-0.1, -0.05) is 6.42 Å². The Bertz CT molecular complexity index is 341. The highest BCUT2D eigenvalue weighted by Gasteiger charge is 2.11. The van der Waals surface area contributed by atoms with Crippen molar-refractivity contribution in [3.63, 3.8) is 0 Å². The van der Waals surface area contributed by atoms with Crippen molar-refractivity contribution in [3.05, 3.63) is 11.9 Å². The first kappa shape index (κ1) is 16.0. The molecule has 6 heteroatoms. The van der Waals surface area contributed by atoms with Crippen LogP contribution in [0.2, 0.25) is 0 Å². The van der Waals surface area contributed by atoms with Crippen molar-refractivity contribution in [2.24, 2.45) is 0 Å². The normalized spacial score (nSPS) is 10.5. The zero-order chi connectivity index (χ0) is 13.9. The minimum Gasteiger partial charge on any atom is -0.481 e. The quantitative estimate of drug-likeness (QED) is 0.665. The molecule has 1 aromatic rings. The summed E-state index contributed by atoms with van der Waals surface area (Å²) in [5.74, 6) is 2.39. The van der Waals surface area contributed by atoms with Gasteiger partial charge in [-0.05, 0) is 31.4 Å². The first-order valence-electron chi connectivity index (χ1n) is 6.45. The summed E-state index contributed by atoms with van der Waals surface area (Å²) in [4.78, 5) is 8.18. The Morgan fingerprint density at radius 3 is 2.37 bits per heavy atom. The smallest absolute Gasteiger partial charge is 0.224 e. The maximum atomic E-state index is 5.22. The van der Waals surface area contributed by atoms with E-state index < -0.39 is 0 Å². The Kier molecular flexibility index (Phi) is 8.33. The molecule has 108 valence electrons. The van der Waals surface area contributed by atoms with Gasteiger partial charge >= 0.3 is 0 Å². The minimum atomic E-state index is 0.571. The van der Waals surface area contributed by atoms with Gasteiger partial charge in [-0.15, -0.1) is 0 Å². The van der Waals surface area contributed by atoms with Gasteiger partial charge in [0.2, 0.25) is 11.8 Å². The lowest BCUT2D eigenvalue weighted by Crippen LogP contribution is -2.17. The SMILES string of the molecule is COc1ncnc(OC)c1CNCCCCCSC. The highest BCUT2D eigenvalue weighted by molar-refractivity contribution is 7.98. The van der Waals surface area contributed by atoms with E-state index in [1.165, 1.54) is 31.3 Å². The zero-order valence-electron chi connectivity index (χ0n) is 11.9. The fourth-order valence-corrected chi connectivity index (χ4v) is 2.26. The average molecular weight is 285 g/mol. The summed E-state index contributed by atoms with van der Waals surface area (Å²) in [6, 6.07) is 0. The van der Waals surface area contributed by atoms with Gasteiger partial charge in [0.1, 0.15) is 6.33 Å². The zero-order valence-corrected chi connectivity index (χ0v) is 12.8. The predicted molar refractivity (Wildman–Crippen MR) is 79.1 cm³/mol. The molecule has 19 heavy (non-hydrogen) atoms. The second kappa shape index (κ2) is 9.86. The van der Waals surface area contributed by atoms with Crippen LogP contribution in [0.3, 0.4) is 0 Å². The predicted octanol–water partition coefficient (Wildman–Crippen LogP) is 2.12. The molecule has 5 nitrogen and oxygen atoms in total. The minimum absolute atomic E-state index is 0.571. The molecule has 0 saturated heterocycles. The van der Waals surface area contributed by atoms with Gasteiger partial charge in [-0.2, -0.15) is 11.8 Å². The summed E-state index contributed by atoms with van der Waals surface area (Å²) >= 11 is 1.90. The van der Waals surface area contributed by atoms with Crippen LogP contribution in [-0.4, -0.2) is 42.7 Å². The van der Waals surface area contributed by atoms with E-state index in [-0.39, 0.29) is 0 Å². The fourth-order valence-electron chi connectivity index (χ4n) is 1.77. The number of hydrogen-bond donors (Lipinski definition) is 1. The Morgan fingerprint density at radius 1 is 1.11 bits per heavy atom. The summed E-state index contributed by atoms with van der Waals surface area (Å²) in [5.41, 5.74) is 0.872. The van der Waals surface area contributed by atoms with Crippen LogP contribution < -0.4 is 14.8 Å². The average Bonchev–Trinajstić information content (AvgIpc) is 2.46. The lowest BCUT2D eigenvalue weighted by molar-refractivity contribution is 0.359.